The maximum atomic E-state index is 11.8. The van der Waals surface area contributed by atoms with Crippen molar-refractivity contribution in [2.45, 2.75) is 38.8 Å². The van der Waals surface area contributed by atoms with Gasteiger partial charge in [0.2, 0.25) is 0 Å². The molecule has 0 saturated carbocycles. The SMILES string of the molecule is COC(=O)CCCCN(CCc1ccccc1OCc1ccc(-c2ccccc2)cc1)Cc1ccc(C(=O)OC)cc1. The summed E-state index contributed by atoms with van der Waals surface area (Å²) in [5.41, 5.74) is 6.30. The van der Waals surface area contributed by atoms with Gasteiger partial charge in [-0.25, -0.2) is 4.79 Å². The molecule has 0 aromatic heterocycles. The van der Waals surface area contributed by atoms with Gasteiger partial charge >= 0.3 is 11.9 Å². The third-order valence-electron chi connectivity index (χ3n) is 7.24. The average Bonchev–Trinajstić information content (AvgIpc) is 3.05. The van der Waals surface area contributed by atoms with E-state index in [4.69, 9.17) is 14.2 Å². The standard InChI is InChI=1S/C36H39NO5/c1-40-35(38)14-8-9-24-37(26-28-15-21-33(22-16-28)36(39)41-2)25-23-32-12-6-7-13-34(32)42-27-29-17-19-31(20-18-29)30-10-4-3-5-11-30/h3-7,10-13,15-22H,8-9,14,23-27H2,1-2H3. The molecule has 4 rings (SSSR count). The first-order chi connectivity index (χ1) is 20.6. The average molecular weight is 566 g/mol. The molecule has 0 N–H and O–H groups in total. The van der Waals surface area contributed by atoms with Crippen molar-refractivity contribution in [3.05, 3.63) is 125 Å². The molecule has 6 heteroatoms. The molecule has 0 radical (unpaired) electrons. The third-order valence-corrected chi connectivity index (χ3v) is 7.24. The summed E-state index contributed by atoms with van der Waals surface area (Å²) in [7, 11) is 2.81. The maximum absolute atomic E-state index is 11.8. The topological polar surface area (TPSA) is 65.1 Å². The van der Waals surface area contributed by atoms with Crippen molar-refractivity contribution >= 4 is 11.9 Å². The Kier molecular flexibility index (Phi) is 11.7. The number of rotatable bonds is 15. The van der Waals surface area contributed by atoms with Crippen molar-refractivity contribution in [3.63, 3.8) is 0 Å². The molecule has 0 fully saturated rings. The van der Waals surface area contributed by atoms with E-state index in [2.05, 4.69) is 47.4 Å². The molecular formula is C36H39NO5. The quantitative estimate of drug-likeness (QED) is 0.113. The van der Waals surface area contributed by atoms with Gasteiger partial charge < -0.3 is 14.2 Å². The van der Waals surface area contributed by atoms with Gasteiger partial charge in [-0.15, -0.1) is 0 Å². The summed E-state index contributed by atoms with van der Waals surface area (Å²) in [4.78, 5) is 25.8. The maximum Gasteiger partial charge on any atom is 0.337 e. The van der Waals surface area contributed by atoms with Crippen LogP contribution in [0.4, 0.5) is 0 Å². The van der Waals surface area contributed by atoms with Gasteiger partial charge in [-0.1, -0.05) is 84.9 Å². The molecule has 0 amide bonds. The van der Waals surface area contributed by atoms with Crippen LogP contribution in [0.2, 0.25) is 0 Å². The van der Waals surface area contributed by atoms with Crippen molar-refractivity contribution in [2.75, 3.05) is 27.3 Å². The minimum Gasteiger partial charge on any atom is -0.489 e. The lowest BCUT2D eigenvalue weighted by molar-refractivity contribution is -0.140. The van der Waals surface area contributed by atoms with Crippen molar-refractivity contribution < 1.29 is 23.8 Å². The number of methoxy groups -OCH3 is 2. The lowest BCUT2D eigenvalue weighted by Crippen LogP contribution is -2.27. The molecule has 0 aliphatic heterocycles. The highest BCUT2D eigenvalue weighted by molar-refractivity contribution is 5.89. The summed E-state index contributed by atoms with van der Waals surface area (Å²) < 4.78 is 15.9. The lowest BCUT2D eigenvalue weighted by atomic mass is 10.0. The molecule has 0 aliphatic carbocycles. The summed E-state index contributed by atoms with van der Waals surface area (Å²) in [5, 5.41) is 0. The van der Waals surface area contributed by atoms with Crippen LogP contribution >= 0.6 is 0 Å². The Hall–Kier alpha value is -4.42. The number of nitrogens with zero attached hydrogens (tertiary/aromatic N) is 1. The zero-order valence-corrected chi connectivity index (χ0v) is 24.5. The van der Waals surface area contributed by atoms with Gasteiger partial charge in [-0.3, -0.25) is 9.69 Å². The summed E-state index contributed by atoms with van der Waals surface area (Å²) >= 11 is 0. The second-order valence-corrected chi connectivity index (χ2v) is 10.2. The van der Waals surface area contributed by atoms with E-state index in [1.165, 1.54) is 25.3 Å². The first-order valence-electron chi connectivity index (χ1n) is 14.4. The summed E-state index contributed by atoms with van der Waals surface area (Å²) in [5.74, 6) is 0.364. The highest BCUT2D eigenvalue weighted by Gasteiger charge is 2.12. The largest absolute Gasteiger partial charge is 0.489 e. The molecule has 0 bridgehead atoms. The van der Waals surface area contributed by atoms with Crippen molar-refractivity contribution in [2.24, 2.45) is 0 Å². The molecule has 0 saturated heterocycles. The van der Waals surface area contributed by atoms with Crippen molar-refractivity contribution in [3.8, 4) is 16.9 Å². The predicted octanol–water partition coefficient (Wildman–Crippen LogP) is 7.11. The van der Waals surface area contributed by atoms with E-state index < -0.39 is 0 Å². The Balaban J connectivity index is 1.37. The monoisotopic (exact) mass is 565 g/mol. The summed E-state index contributed by atoms with van der Waals surface area (Å²) in [6.07, 6.45) is 2.89. The van der Waals surface area contributed by atoms with E-state index in [-0.39, 0.29) is 11.9 Å². The number of carbonyl (C=O) groups is 2. The van der Waals surface area contributed by atoms with Gasteiger partial charge in [0.1, 0.15) is 12.4 Å². The molecule has 218 valence electrons. The van der Waals surface area contributed by atoms with Gasteiger partial charge in [0, 0.05) is 19.5 Å². The first kappa shape index (κ1) is 30.5. The Bertz CT molecular complexity index is 1400. The van der Waals surface area contributed by atoms with E-state index >= 15 is 0 Å². The number of unbranched alkanes of at least 4 members (excludes halogenated alkanes) is 1. The number of carbonyl (C=O) groups excluding carboxylic acids is 2. The Morgan fingerprint density at radius 3 is 2.05 bits per heavy atom. The van der Waals surface area contributed by atoms with Crippen LogP contribution in [0.1, 0.15) is 46.3 Å². The van der Waals surface area contributed by atoms with Crippen LogP contribution in [0.15, 0.2) is 103 Å². The zero-order valence-electron chi connectivity index (χ0n) is 24.5. The van der Waals surface area contributed by atoms with Crippen LogP contribution in [0.25, 0.3) is 11.1 Å². The van der Waals surface area contributed by atoms with Crippen LogP contribution in [0.3, 0.4) is 0 Å². The number of benzene rings is 4. The molecule has 0 aliphatic rings. The molecule has 42 heavy (non-hydrogen) atoms. The number of para-hydroxylation sites is 1. The molecule has 0 atom stereocenters. The van der Waals surface area contributed by atoms with Crippen molar-refractivity contribution in [1.82, 2.24) is 4.90 Å². The van der Waals surface area contributed by atoms with E-state index in [0.717, 1.165) is 61.3 Å². The van der Waals surface area contributed by atoms with Gasteiger partial charge in [0.15, 0.2) is 0 Å². The smallest absolute Gasteiger partial charge is 0.337 e. The summed E-state index contributed by atoms with van der Waals surface area (Å²) in [6.45, 7) is 2.89. The fraction of sp³-hybridized carbons (Fsp3) is 0.278. The highest BCUT2D eigenvalue weighted by atomic mass is 16.5. The minimum atomic E-state index is -0.343. The van der Waals surface area contributed by atoms with E-state index in [1.54, 1.807) is 12.1 Å². The third kappa shape index (κ3) is 9.32. The van der Waals surface area contributed by atoms with Crippen LogP contribution in [0.5, 0.6) is 5.75 Å². The van der Waals surface area contributed by atoms with Crippen LogP contribution in [0, 0.1) is 0 Å². The molecule has 0 heterocycles. The molecule has 6 nitrogen and oxygen atoms in total. The molecule has 4 aromatic carbocycles. The van der Waals surface area contributed by atoms with Gasteiger partial charge in [0.05, 0.1) is 19.8 Å². The highest BCUT2D eigenvalue weighted by Crippen LogP contribution is 2.23. The van der Waals surface area contributed by atoms with Crippen LogP contribution in [-0.4, -0.2) is 44.1 Å². The molecule has 0 spiro atoms. The molecular weight excluding hydrogens is 526 g/mol. The van der Waals surface area contributed by atoms with Gasteiger partial charge in [-0.2, -0.15) is 0 Å². The molecule has 4 aromatic rings. The first-order valence-corrected chi connectivity index (χ1v) is 14.4. The Morgan fingerprint density at radius 2 is 1.33 bits per heavy atom. The fourth-order valence-corrected chi connectivity index (χ4v) is 4.81. The number of hydrogen-bond acceptors (Lipinski definition) is 6. The van der Waals surface area contributed by atoms with E-state index in [1.807, 2.05) is 48.5 Å². The minimum absolute atomic E-state index is 0.180. The van der Waals surface area contributed by atoms with E-state index in [9.17, 15) is 9.59 Å². The van der Waals surface area contributed by atoms with Crippen LogP contribution in [-0.2, 0) is 33.8 Å². The predicted molar refractivity (Wildman–Crippen MR) is 165 cm³/mol. The van der Waals surface area contributed by atoms with E-state index in [0.29, 0.717) is 18.6 Å². The number of ether oxygens (including phenoxy) is 3. The van der Waals surface area contributed by atoms with Crippen molar-refractivity contribution in [1.29, 1.82) is 0 Å². The van der Waals surface area contributed by atoms with Gasteiger partial charge in [0.25, 0.3) is 0 Å². The number of esters is 2. The number of hydrogen-bond donors (Lipinski definition) is 0. The summed E-state index contributed by atoms with van der Waals surface area (Å²) in [6, 6.07) is 34.6. The fourth-order valence-electron chi connectivity index (χ4n) is 4.81. The second kappa shape index (κ2) is 16.1. The Labute approximate surface area is 248 Å². The lowest BCUT2D eigenvalue weighted by Gasteiger charge is -2.23. The second-order valence-electron chi connectivity index (χ2n) is 10.2. The Morgan fingerprint density at radius 1 is 0.667 bits per heavy atom. The molecule has 0 unspecified atom stereocenters. The zero-order chi connectivity index (χ0) is 29.6. The van der Waals surface area contributed by atoms with Crippen LogP contribution < -0.4 is 4.74 Å². The normalized spacial score (nSPS) is 10.8. The van der Waals surface area contributed by atoms with Gasteiger partial charge in [-0.05, 0) is 71.8 Å².